The van der Waals surface area contributed by atoms with Crippen molar-refractivity contribution in [3.63, 3.8) is 0 Å². The van der Waals surface area contributed by atoms with Crippen LogP contribution in [0.1, 0.15) is 79.8 Å². The molecule has 0 saturated carbocycles. The molecule has 0 radical (unpaired) electrons. The van der Waals surface area contributed by atoms with Gasteiger partial charge in [-0.05, 0) is 57.2 Å². The van der Waals surface area contributed by atoms with Crippen LogP contribution in [0.15, 0.2) is 36.4 Å². The Bertz CT molecular complexity index is 2170. The van der Waals surface area contributed by atoms with Gasteiger partial charge in [-0.25, -0.2) is 13.6 Å². The van der Waals surface area contributed by atoms with Crippen LogP contribution in [0.5, 0.6) is 0 Å². The van der Waals surface area contributed by atoms with E-state index in [-0.39, 0.29) is 148 Å². The van der Waals surface area contributed by atoms with Gasteiger partial charge in [-0.15, -0.1) is 0 Å². The first-order valence-corrected chi connectivity index (χ1v) is 16.8. The number of benzene rings is 2. The van der Waals surface area contributed by atoms with Crippen LogP contribution in [0.2, 0.25) is 10.0 Å². The van der Waals surface area contributed by atoms with E-state index in [4.69, 9.17) is 34.7 Å². The average Bonchev–Trinajstić information content (AvgIpc) is 3.65. The quantitative estimate of drug-likeness (QED) is 0.124. The summed E-state index contributed by atoms with van der Waals surface area (Å²) in [5.41, 5.74) is 9.65. The van der Waals surface area contributed by atoms with Gasteiger partial charge >= 0.3 is 69.8 Å². The van der Waals surface area contributed by atoms with Crippen molar-refractivity contribution in [2.24, 2.45) is 11.5 Å². The van der Waals surface area contributed by atoms with Gasteiger partial charge in [-0.2, -0.15) is 36.5 Å². The number of nitrogens with two attached hydrogens (primary N) is 2. The van der Waals surface area contributed by atoms with Gasteiger partial charge in [0.25, 0.3) is 11.8 Å². The number of nitrogens with one attached hydrogen (secondary N) is 2. The van der Waals surface area contributed by atoms with Gasteiger partial charge in [0.1, 0.15) is 23.0 Å². The van der Waals surface area contributed by atoms with Crippen LogP contribution in [-0.2, 0) is 13.1 Å². The number of fused-ring (bicyclic) bond motifs is 2. The normalized spacial score (nSPS) is 16.0. The number of carbonyl (C=O) groups excluding carboxylic acids is 3. The molecule has 6 N–H and O–H groups in total. The van der Waals surface area contributed by atoms with Gasteiger partial charge < -0.3 is 34.4 Å². The zero-order chi connectivity index (χ0) is 40.9. The zero-order valence-corrected chi connectivity index (χ0v) is 35.5. The molecule has 4 heterocycles. The summed E-state index contributed by atoms with van der Waals surface area (Å²) in [5.74, 6) is -3.39. The minimum atomic E-state index is -4.77. The smallest absolute Gasteiger partial charge is 0.365 e. The molecule has 2 aliphatic rings. The molecule has 12 nitrogen and oxygen atoms in total. The molecule has 59 heavy (non-hydrogen) atoms. The number of urea groups is 1. The van der Waals surface area contributed by atoms with Crippen molar-refractivity contribution in [2.75, 3.05) is 13.1 Å². The Labute approximate surface area is 387 Å². The van der Waals surface area contributed by atoms with Gasteiger partial charge in [0.05, 0.1) is 45.6 Å². The summed E-state index contributed by atoms with van der Waals surface area (Å²) >= 11 is 11.5. The Morgan fingerprint density at radius 1 is 0.780 bits per heavy atom. The van der Waals surface area contributed by atoms with E-state index in [1.165, 1.54) is 18.2 Å². The first kappa shape index (κ1) is 53.7. The van der Waals surface area contributed by atoms with Crippen LogP contribution >= 0.6 is 23.2 Å². The van der Waals surface area contributed by atoms with Crippen molar-refractivity contribution in [1.82, 2.24) is 35.1 Å². The summed E-state index contributed by atoms with van der Waals surface area (Å²) in [7, 11) is 0. The number of primary amides is 2. The van der Waals surface area contributed by atoms with E-state index in [2.05, 4.69) is 20.8 Å². The van der Waals surface area contributed by atoms with E-state index in [9.17, 15) is 49.5 Å². The summed E-state index contributed by atoms with van der Waals surface area (Å²) in [6.45, 7) is 3.66. The van der Waals surface area contributed by atoms with E-state index in [1.807, 2.05) is 0 Å². The minimum Gasteiger partial charge on any atom is -0.365 e. The maximum Gasteiger partial charge on any atom is 1.00 e. The summed E-state index contributed by atoms with van der Waals surface area (Å²) < 4.78 is 109. The third kappa shape index (κ3) is 11.7. The Hall–Kier alpha value is -3.31. The van der Waals surface area contributed by atoms with E-state index < -0.39 is 66.0 Å². The van der Waals surface area contributed by atoms with Crippen molar-refractivity contribution in [1.29, 1.82) is 0 Å². The molecule has 2 aromatic heterocycles. The number of hydrogen-bond acceptors (Lipinski definition) is 6. The molecule has 2 aromatic carbocycles. The number of nitrogens with zero attached hydrogens (tertiary/aromatic N) is 5. The third-order valence-electron chi connectivity index (χ3n) is 8.38. The van der Waals surface area contributed by atoms with Gasteiger partial charge in [0.15, 0.2) is 12.1 Å². The van der Waals surface area contributed by atoms with Crippen molar-refractivity contribution in [3.8, 4) is 22.5 Å². The number of halogens is 10. The van der Waals surface area contributed by atoms with Gasteiger partial charge in [0.2, 0.25) is 0 Å². The van der Waals surface area contributed by atoms with Crippen LogP contribution in [0.3, 0.4) is 0 Å². The maximum absolute atomic E-state index is 13.9. The Balaban J connectivity index is 0.000000567. The fourth-order valence-electron chi connectivity index (χ4n) is 5.98. The number of amides is 4. The van der Waals surface area contributed by atoms with Crippen molar-refractivity contribution >= 4 is 41.0 Å². The van der Waals surface area contributed by atoms with E-state index in [0.717, 1.165) is 27.8 Å². The molecular weight excluding hydrogens is 868 g/mol. The summed E-state index contributed by atoms with van der Waals surface area (Å²) in [6.07, 6.45) is -9.32. The Morgan fingerprint density at radius 3 is 1.59 bits per heavy atom. The number of alkyl halides is 6. The molecule has 0 aliphatic carbocycles. The van der Waals surface area contributed by atoms with Crippen molar-refractivity contribution in [2.45, 2.75) is 78.7 Å². The molecule has 320 valence electrons. The van der Waals surface area contributed by atoms with Gasteiger partial charge in [-0.3, -0.25) is 19.0 Å². The predicted molar refractivity (Wildman–Crippen MR) is 203 cm³/mol. The van der Waals surface area contributed by atoms with Crippen LogP contribution in [0.25, 0.3) is 22.5 Å². The summed E-state index contributed by atoms with van der Waals surface area (Å²) in [5, 5.41) is 12.6. The van der Waals surface area contributed by atoms with Crippen LogP contribution in [0.4, 0.5) is 39.9 Å². The van der Waals surface area contributed by atoms with Gasteiger partial charge in [0, 0.05) is 29.8 Å². The molecule has 2 atom stereocenters. The summed E-state index contributed by atoms with van der Waals surface area (Å²) in [6, 6.07) is 2.03. The second kappa shape index (κ2) is 20.0. The van der Waals surface area contributed by atoms with Gasteiger partial charge in [-0.1, -0.05) is 38.1 Å². The Morgan fingerprint density at radius 2 is 1.20 bits per heavy atom. The molecule has 23 heteroatoms. The standard InChI is InChI=1S/C19H20ClF4N5O2.C14H11ClF4N4O.2CH4.CH3.K/c1-18(2,3)26-17(31)28-7-12-14(16(25)30)15(9-4-5-11(21)10(20)6-9)27-29(12)13(8-28)19(22,23)24;15-7-3-6(1-2-8(7)16)12-11(13(20)24)9-4-21-5-10(14(17,18)19)23(9)22-12;;;;/h4-6,13H,7-8H2,1-3H3,(H2,25,30)(H,26,31);1-3,10,21H,4-5H2,(H2,20,24);2*1H4;1H3;/q;;;;-1;+1. The molecule has 2 unspecified atom stereocenters. The fourth-order valence-corrected chi connectivity index (χ4v) is 6.34. The Kier molecular flexibility index (Phi) is 18.2. The third-order valence-corrected chi connectivity index (χ3v) is 8.96. The maximum atomic E-state index is 13.9. The predicted octanol–water partition coefficient (Wildman–Crippen LogP) is 5.24. The second-order valence-electron chi connectivity index (χ2n) is 13.5. The number of rotatable bonds is 4. The van der Waals surface area contributed by atoms with Crippen molar-refractivity contribution < 1.29 is 101 Å². The molecular formula is C36H42Cl2F8KN9O3. The number of carbonyl (C=O) groups is 3. The van der Waals surface area contributed by atoms with E-state index >= 15 is 0 Å². The molecule has 0 saturated heterocycles. The SMILES string of the molecule is C.C.CC(C)(C)NC(=O)N1Cc2c(C(N)=O)c(-c3ccc(F)c(Cl)c3)nn2C(C(F)(F)F)C1.NC(=O)c1c(-c2ccc(F)c(Cl)c2)nn2c1CNCC2C(F)(F)F.[CH3-].[K+]. The van der Waals surface area contributed by atoms with Crippen LogP contribution in [0, 0.1) is 19.1 Å². The number of hydrogen-bond donors (Lipinski definition) is 4. The fraction of sp³-hybridized carbons (Fsp3) is 0.389. The van der Waals surface area contributed by atoms with Crippen molar-refractivity contribution in [3.05, 3.63) is 88.0 Å². The molecule has 0 spiro atoms. The molecule has 0 bridgehead atoms. The first-order valence-electron chi connectivity index (χ1n) is 16.0. The number of aromatic nitrogens is 4. The first-order chi connectivity index (χ1) is 25.4. The molecule has 0 fully saturated rings. The summed E-state index contributed by atoms with van der Waals surface area (Å²) in [4.78, 5) is 37.5. The average molecular weight is 911 g/mol. The minimum absolute atomic E-state index is 0. The molecule has 4 amide bonds. The van der Waals surface area contributed by atoms with E-state index in [1.54, 1.807) is 20.8 Å². The molecule has 2 aliphatic heterocycles. The largest absolute Gasteiger partial charge is 1.00 e. The second-order valence-corrected chi connectivity index (χ2v) is 14.3. The van der Waals surface area contributed by atoms with Crippen LogP contribution in [-0.4, -0.2) is 73.3 Å². The monoisotopic (exact) mass is 909 g/mol. The molecule has 6 rings (SSSR count). The zero-order valence-electron chi connectivity index (χ0n) is 30.8. The van der Waals surface area contributed by atoms with Crippen LogP contribution < -0.4 is 73.5 Å². The van der Waals surface area contributed by atoms with E-state index in [0.29, 0.717) is 4.68 Å². The molecule has 4 aromatic rings. The topological polar surface area (TPSA) is 166 Å².